The molecule has 3 aliphatic heterocycles. The quantitative estimate of drug-likeness (QED) is 0.765. The van der Waals surface area contributed by atoms with Gasteiger partial charge in [-0.1, -0.05) is 24.3 Å². The summed E-state index contributed by atoms with van der Waals surface area (Å²) >= 11 is 1.42. The van der Waals surface area contributed by atoms with E-state index in [0.717, 1.165) is 10.6 Å². The average molecular weight is 454 g/mol. The van der Waals surface area contributed by atoms with Crippen LogP contribution in [-0.2, 0) is 14.4 Å². The van der Waals surface area contributed by atoms with E-state index in [1.807, 2.05) is 42.5 Å². The van der Waals surface area contributed by atoms with Crippen LogP contribution in [0.3, 0.4) is 0 Å². The number of benzene rings is 2. The molecule has 8 nitrogen and oxygen atoms in total. The lowest BCUT2D eigenvalue weighted by atomic mass is 10.2. The number of anilines is 1. The Morgan fingerprint density at radius 1 is 0.969 bits per heavy atom. The van der Waals surface area contributed by atoms with Gasteiger partial charge in [0.1, 0.15) is 6.61 Å². The Kier molecular flexibility index (Phi) is 5.65. The van der Waals surface area contributed by atoms with Crippen molar-refractivity contribution in [3.63, 3.8) is 0 Å². The van der Waals surface area contributed by atoms with E-state index in [-0.39, 0.29) is 30.7 Å². The molecule has 3 aliphatic rings. The first-order chi connectivity index (χ1) is 15.6. The van der Waals surface area contributed by atoms with Crippen LogP contribution in [-0.4, -0.2) is 71.7 Å². The standard InChI is InChI=1S/C23H23N3O5S/c27-21(13-20-22(28)24-15-5-1-4-8-19(15)32-20)25-9-11-26(12-10-25)23(29)18-14-30-16-6-2-3-7-17(16)31-18/h1-8,18,20H,9-14H2,(H,24,28)/t18-,20-/m0/s1. The number of amides is 3. The molecule has 2 aromatic rings. The van der Waals surface area contributed by atoms with Gasteiger partial charge in [-0.15, -0.1) is 11.8 Å². The lowest BCUT2D eigenvalue weighted by Crippen LogP contribution is -2.55. The molecule has 32 heavy (non-hydrogen) atoms. The van der Waals surface area contributed by atoms with Crippen LogP contribution in [0.15, 0.2) is 53.4 Å². The third-order valence-electron chi connectivity index (χ3n) is 5.79. The molecule has 0 bridgehead atoms. The van der Waals surface area contributed by atoms with E-state index in [1.54, 1.807) is 15.9 Å². The number of ether oxygens (including phenoxy) is 2. The number of nitrogens with one attached hydrogen (secondary N) is 1. The van der Waals surface area contributed by atoms with Crippen molar-refractivity contribution in [3.05, 3.63) is 48.5 Å². The molecule has 1 saturated heterocycles. The molecule has 3 amide bonds. The Morgan fingerprint density at radius 3 is 2.47 bits per heavy atom. The van der Waals surface area contributed by atoms with Crippen molar-refractivity contribution in [2.24, 2.45) is 0 Å². The van der Waals surface area contributed by atoms with Crippen LogP contribution in [0.25, 0.3) is 0 Å². The molecule has 0 aromatic heterocycles. The first-order valence-electron chi connectivity index (χ1n) is 10.6. The molecule has 9 heteroatoms. The summed E-state index contributed by atoms with van der Waals surface area (Å²) in [6, 6.07) is 14.9. The van der Waals surface area contributed by atoms with E-state index in [0.29, 0.717) is 37.7 Å². The van der Waals surface area contributed by atoms with Gasteiger partial charge in [-0.25, -0.2) is 0 Å². The van der Waals surface area contributed by atoms with Crippen molar-refractivity contribution in [3.8, 4) is 11.5 Å². The Bertz CT molecular complexity index is 1050. The van der Waals surface area contributed by atoms with Gasteiger partial charge < -0.3 is 24.6 Å². The van der Waals surface area contributed by atoms with Gasteiger partial charge in [-0.2, -0.15) is 0 Å². The Hall–Kier alpha value is -3.20. The molecule has 2 aromatic carbocycles. The third kappa shape index (κ3) is 4.12. The van der Waals surface area contributed by atoms with E-state index in [2.05, 4.69) is 5.32 Å². The molecular formula is C23H23N3O5S. The number of hydrogen-bond donors (Lipinski definition) is 1. The van der Waals surface area contributed by atoms with Crippen LogP contribution < -0.4 is 14.8 Å². The minimum Gasteiger partial charge on any atom is -0.485 e. The maximum Gasteiger partial charge on any atom is 0.267 e. The maximum absolute atomic E-state index is 12.9. The van der Waals surface area contributed by atoms with E-state index in [4.69, 9.17) is 9.47 Å². The van der Waals surface area contributed by atoms with Gasteiger partial charge in [0, 0.05) is 37.5 Å². The molecule has 0 saturated carbocycles. The van der Waals surface area contributed by atoms with Crippen molar-refractivity contribution in [2.75, 3.05) is 38.1 Å². The van der Waals surface area contributed by atoms with Crippen molar-refractivity contribution in [1.82, 2.24) is 9.80 Å². The SMILES string of the molecule is O=C1Nc2ccccc2S[C@H]1CC(=O)N1CCN(C(=O)[C@@H]2COc3ccccc3O2)CC1. The van der Waals surface area contributed by atoms with Crippen LogP contribution in [0.1, 0.15) is 6.42 Å². The largest absolute Gasteiger partial charge is 0.485 e. The second kappa shape index (κ2) is 8.74. The molecular weight excluding hydrogens is 430 g/mol. The summed E-state index contributed by atoms with van der Waals surface area (Å²) in [6.07, 6.45) is -0.552. The van der Waals surface area contributed by atoms with Crippen LogP contribution in [0, 0.1) is 0 Å². The summed E-state index contributed by atoms with van der Waals surface area (Å²) < 4.78 is 11.5. The molecule has 3 heterocycles. The van der Waals surface area contributed by atoms with Gasteiger partial charge in [-0.05, 0) is 24.3 Å². The van der Waals surface area contributed by atoms with Crippen molar-refractivity contribution >= 4 is 35.2 Å². The normalized spacial score (nSPS) is 22.1. The van der Waals surface area contributed by atoms with Gasteiger partial charge in [0.2, 0.25) is 17.9 Å². The summed E-state index contributed by atoms with van der Waals surface area (Å²) in [5, 5.41) is 2.42. The smallest absolute Gasteiger partial charge is 0.267 e. The Morgan fingerprint density at radius 2 is 1.66 bits per heavy atom. The summed E-state index contributed by atoms with van der Waals surface area (Å²) in [7, 11) is 0. The highest BCUT2D eigenvalue weighted by atomic mass is 32.2. The lowest BCUT2D eigenvalue weighted by molar-refractivity contribution is -0.146. The van der Waals surface area contributed by atoms with E-state index < -0.39 is 11.4 Å². The second-order valence-corrected chi connectivity index (χ2v) is 9.11. The van der Waals surface area contributed by atoms with Crippen molar-refractivity contribution in [2.45, 2.75) is 22.7 Å². The van der Waals surface area contributed by atoms with E-state index >= 15 is 0 Å². The van der Waals surface area contributed by atoms with Gasteiger partial charge in [0.15, 0.2) is 11.5 Å². The number of rotatable bonds is 3. The highest BCUT2D eigenvalue weighted by Crippen LogP contribution is 2.37. The average Bonchev–Trinajstić information content (AvgIpc) is 2.84. The third-order valence-corrected chi connectivity index (χ3v) is 7.07. The fourth-order valence-corrected chi connectivity index (χ4v) is 5.14. The number of carbonyl (C=O) groups is 3. The topological polar surface area (TPSA) is 88.2 Å². The summed E-state index contributed by atoms with van der Waals surface area (Å²) in [4.78, 5) is 42.5. The van der Waals surface area contributed by atoms with Crippen LogP contribution in [0.5, 0.6) is 11.5 Å². The number of nitrogens with zero attached hydrogens (tertiary/aromatic N) is 2. The van der Waals surface area contributed by atoms with Gasteiger partial charge >= 0.3 is 0 Å². The minimum atomic E-state index is -0.686. The van der Waals surface area contributed by atoms with Crippen LogP contribution in [0.4, 0.5) is 5.69 Å². The summed E-state index contributed by atoms with van der Waals surface area (Å²) in [6.45, 7) is 1.90. The van der Waals surface area contributed by atoms with Crippen molar-refractivity contribution in [1.29, 1.82) is 0 Å². The Balaban J connectivity index is 1.14. The highest BCUT2D eigenvalue weighted by molar-refractivity contribution is 8.01. The number of thioether (sulfide) groups is 1. The number of piperazine rings is 1. The zero-order valence-electron chi connectivity index (χ0n) is 17.4. The maximum atomic E-state index is 12.9. The molecule has 2 atom stereocenters. The molecule has 1 N–H and O–H groups in total. The number of fused-ring (bicyclic) bond motifs is 2. The zero-order chi connectivity index (χ0) is 22.1. The molecule has 5 rings (SSSR count). The van der Waals surface area contributed by atoms with E-state index in [1.165, 1.54) is 11.8 Å². The summed E-state index contributed by atoms with van der Waals surface area (Å²) in [5.41, 5.74) is 0.787. The fraction of sp³-hybridized carbons (Fsp3) is 0.348. The van der Waals surface area contributed by atoms with Crippen molar-refractivity contribution < 1.29 is 23.9 Å². The molecule has 0 unspecified atom stereocenters. The Labute approximate surface area is 189 Å². The van der Waals surface area contributed by atoms with Gasteiger partial charge in [0.05, 0.1) is 10.9 Å². The van der Waals surface area contributed by atoms with E-state index in [9.17, 15) is 14.4 Å². The number of carbonyl (C=O) groups excluding carboxylic acids is 3. The van der Waals surface area contributed by atoms with Crippen LogP contribution in [0.2, 0.25) is 0 Å². The lowest BCUT2D eigenvalue weighted by Gasteiger charge is -2.37. The molecule has 1 fully saturated rings. The second-order valence-electron chi connectivity index (χ2n) is 7.87. The molecule has 0 aliphatic carbocycles. The fourth-order valence-electron chi connectivity index (χ4n) is 4.04. The minimum absolute atomic E-state index is 0.0738. The predicted molar refractivity (Wildman–Crippen MR) is 119 cm³/mol. The first kappa shape index (κ1) is 20.7. The van der Waals surface area contributed by atoms with Gasteiger partial charge in [0.25, 0.3) is 5.91 Å². The highest BCUT2D eigenvalue weighted by Gasteiger charge is 2.35. The first-order valence-corrected chi connectivity index (χ1v) is 11.5. The molecule has 0 spiro atoms. The molecule has 166 valence electrons. The van der Waals surface area contributed by atoms with Crippen LogP contribution >= 0.6 is 11.8 Å². The predicted octanol–water partition coefficient (Wildman–Crippen LogP) is 2.00. The monoisotopic (exact) mass is 453 g/mol. The zero-order valence-corrected chi connectivity index (χ0v) is 18.2. The number of para-hydroxylation sites is 3. The summed E-state index contributed by atoms with van der Waals surface area (Å²) in [5.74, 6) is 0.848. The number of hydrogen-bond acceptors (Lipinski definition) is 6. The van der Waals surface area contributed by atoms with Gasteiger partial charge in [-0.3, -0.25) is 14.4 Å². The molecule has 0 radical (unpaired) electrons.